The molecule has 8 heteroatoms. The van der Waals surface area contributed by atoms with E-state index in [4.69, 9.17) is 0 Å². The number of amides is 2. The Morgan fingerprint density at radius 3 is 2.49 bits per heavy atom. The molecule has 0 radical (unpaired) electrons. The molecule has 4 nitrogen and oxygen atoms in total. The molecular formula is C27H25F4N3O. The van der Waals surface area contributed by atoms with Gasteiger partial charge in [0.2, 0.25) is 0 Å². The number of hydrogen-bond donors (Lipinski definition) is 0. The molecule has 0 spiro atoms. The van der Waals surface area contributed by atoms with Crippen LogP contribution < -0.4 is 9.80 Å². The number of para-hydroxylation sites is 2. The first-order valence-electron chi connectivity index (χ1n) is 11.5. The van der Waals surface area contributed by atoms with E-state index in [1.807, 2.05) is 30.0 Å². The van der Waals surface area contributed by atoms with Crippen molar-refractivity contribution in [1.82, 2.24) is 4.90 Å². The number of urea groups is 1. The fourth-order valence-corrected chi connectivity index (χ4v) is 5.18. The van der Waals surface area contributed by atoms with Gasteiger partial charge in [0.15, 0.2) is 0 Å². The van der Waals surface area contributed by atoms with Crippen LogP contribution in [0, 0.1) is 12.7 Å². The summed E-state index contributed by atoms with van der Waals surface area (Å²) in [4.78, 5) is 18.8. The molecule has 3 aromatic rings. The summed E-state index contributed by atoms with van der Waals surface area (Å²) in [6, 6.07) is 17.1. The highest BCUT2D eigenvalue weighted by Gasteiger charge is 2.39. The smallest absolute Gasteiger partial charge is 0.367 e. The van der Waals surface area contributed by atoms with Crippen molar-refractivity contribution in [3.63, 3.8) is 0 Å². The average Bonchev–Trinajstić information content (AvgIpc) is 3.29. The number of anilines is 2. The van der Waals surface area contributed by atoms with Crippen molar-refractivity contribution in [3.05, 3.63) is 94.8 Å². The highest BCUT2D eigenvalue weighted by Crippen LogP contribution is 2.37. The Kier molecular flexibility index (Phi) is 5.91. The first kappa shape index (κ1) is 23.2. The fraction of sp³-hybridized carbons (Fsp3) is 0.296. The van der Waals surface area contributed by atoms with Crippen molar-refractivity contribution in [3.8, 4) is 0 Å². The van der Waals surface area contributed by atoms with E-state index >= 15 is 0 Å². The van der Waals surface area contributed by atoms with Gasteiger partial charge in [-0.1, -0.05) is 48.5 Å². The van der Waals surface area contributed by atoms with Gasteiger partial charge in [0, 0.05) is 19.6 Å². The maximum Gasteiger partial charge on any atom is 0.416 e. The Morgan fingerprint density at radius 1 is 0.971 bits per heavy atom. The summed E-state index contributed by atoms with van der Waals surface area (Å²) >= 11 is 0. The summed E-state index contributed by atoms with van der Waals surface area (Å²) in [7, 11) is 0. The number of aryl methyl sites for hydroxylation is 1. The summed E-state index contributed by atoms with van der Waals surface area (Å²) in [5.74, 6) is -0.300. The van der Waals surface area contributed by atoms with Crippen LogP contribution >= 0.6 is 0 Å². The molecular weight excluding hydrogens is 458 g/mol. The van der Waals surface area contributed by atoms with Crippen LogP contribution in [0.3, 0.4) is 0 Å². The third-order valence-electron chi connectivity index (χ3n) is 6.86. The van der Waals surface area contributed by atoms with Crippen LogP contribution in [0.15, 0.2) is 66.7 Å². The van der Waals surface area contributed by atoms with Gasteiger partial charge in [-0.3, -0.25) is 4.90 Å². The second-order valence-corrected chi connectivity index (χ2v) is 9.07. The first-order valence-corrected chi connectivity index (χ1v) is 11.5. The maximum atomic E-state index is 14.6. The minimum atomic E-state index is -4.52. The van der Waals surface area contributed by atoms with Gasteiger partial charge in [-0.2, -0.15) is 13.2 Å². The van der Waals surface area contributed by atoms with Crippen LogP contribution in [0.2, 0.25) is 0 Å². The predicted octanol–water partition coefficient (Wildman–Crippen LogP) is 6.37. The largest absolute Gasteiger partial charge is 0.416 e. The van der Waals surface area contributed by atoms with Crippen molar-refractivity contribution in [2.24, 2.45) is 0 Å². The van der Waals surface area contributed by atoms with Crippen LogP contribution in [0.1, 0.15) is 28.7 Å². The van der Waals surface area contributed by atoms with E-state index in [-0.39, 0.29) is 30.0 Å². The molecule has 2 aliphatic rings. The van der Waals surface area contributed by atoms with Crippen molar-refractivity contribution < 1.29 is 22.4 Å². The van der Waals surface area contributed by atoms with Crippen molar-refractivity contribution >= 4 is 17.4 Å². The topological polar surface area (TPSA) is 26.8 Å². The molecule has 5 rings (SSSR count). The molecule has 2 aliphatic heterocycles. The third kappa shape index (κ3) is 4.33. The molecule has 2 heterocycles. The number of carbonyl (C=O) groups excluding carboxylic acids is 1. The lowest BCUT2D eigenvalue weighted by Gasteiger charge is -2.40. The molecule has 3 aromatic carbocycles. The van der Waals surface area contributed by atoms with Crippen LogP contribution in [-0.4, -0.2) is 30.1 Å². The van der Waals surface area contributed by atoms with Crippen LogP contribution in [-0.2, 0) is 19.3 Å². The SMILES string of the molecule is Cc1cccc(F)c1N1CC[C@@H](N2Cc3ccccc3N(Cc3ccccc3C(F)(F)F)C2=O)C1. The Hall–Kier alpha value is -3.55. The Morgan fingerprint density at radius 2 is 1.71 bits per heavy atom. The lowest BCUT2D eigenvalue weighted by molar-refractivity contribution is -0.138. The zero-order chi connectivity index (χ0) is 24.7. The molecule has 2 amide bonds. The van der Waals surface area contributed by atoms with E-state index in [9.17, 15) is 22.4 Å². The Bertz CT molecular complexity index is 1240. The minimum Gasteiger partial charge on any atom is -0.367 e. The maximum absolute atomic E-state index is 14.6. The van der Waals surface area contributed by atoms with Gasteiger partial charge < -0.3 is 9.80 Å². The van der Waals surface area contributed by atoms with E-state index in [0.717, 1.165) is 17.2 Å². The van der Waals surface area contributed by atoms with Crippen molar-refractivity contribution in [1.29, 1.82) is 0 Å². The van der Waals surface area contributed by atoms with Gasteiger partial charge in [-0.15, -0.1) is 0 Å². The average molecular weight is 484 g/mol. The molecule has 0 unspecified atom stereocenters. The van der Waals surface area contributed by atoms with Gasteiger partial charge in [0.05, 0.1) is 29.5 Å². The summed E-state index contributed by atoms with van der Waals surface area (Å²) in [5, 5.41) is 0. The first-order chi connectivity index (χ1) is 16.7. The Balaban J connectivity index is 1.45. The number of halogens is 4. The summed E-state index contributed by atoms with van der Waals surface area (Å²) in [5.41, 5.74) is 2.15. The Labute approximate surface area is 201 Å². The molecule has 0 bridgehead atoms. The number of fused-ring (bicyclic) bond motifs is 1. The number of benzene rings is 3. The molecule has 1 fully saturated rings. The second kappa shape index (κ2) is 8.91. The quantitative estimate of drug-likeness (QED) is 0.403. The molecule has 0 N–H and O–H groups in total. The molecule has 0 aromatic heterocycles. The monoisotopic (exact) mass is 483 g/mol. The van der Waals surface area contributed by atoms with Crippen LogP contribution in [0.5, 0.6) is 0 Å². The van der Waals surface area contributed by atoms with E-state index < -0.39 is 11.7 Å². The molecule has 1 atom stereocenters. The molecule has 35 heavy (non-hydrogen) atoms. The lowest BCUT2D eigenvalue weighted by Crippen LogP contribution is -2.52. The molecule has 0 aliphatic carbocycles. The highest BCUT2D eigenvalue weighted by atomic mass is 19.4. The standard InChI is InChI=1S/C27H25F4N3O/c1-18-7-6-11-23(28)25(18)32-14-13-21(17-32)33-16-20-9-3-5-12-24(20)34(26(33)35)15-19-8-2-4-10-22(19)27(29,30)31/h2-12,21H,13-17H2,1H3/t21-/m1/s1. The van der Waals surface area contributed by atoms with Crippen LogP contribution in [0.4, 0.5) is 33.7 Å². The molecule has 1 saturated heterocycles. The normalized spacial score (nSPS) is 18.3. The number of hydrogen-bond acceptors (Lipinski definition) is 2. The summed E-state index contributed by atoms with van der Waals surface area (Å²) in [6.07, 6.45) is -3.87. The minimum absolute atomic E-state index is 0.0417. The van der Waals surface area contributed by atoms with Gasteiger partial charge in [-0.25, -0.2) is 9.18 Å². The van der Waals surface area contributed by atoms with Crippen molar-refractivity contribution in [2.75, 3.05) is 22.9 Å². The summed E-state index contributed by atoms with van der Waals surface area (Å²) in [6.45, 7) is 3.08. The zero-order valence-corrected chi connectivity index (χ0v) is 19.2. The fourth-order valence-electron chi connectivity index (χ4n) is 5.18. The highest BCUT2D eigenvalue weighted by molar-refractivity contribution is 5.95. The predicted molar refractivity (Wildman–Crippen MR) is 127 cm³/mol. The van der Waals surface area contributed by atoms with Crippen LogP contribution in [0.25, 0.3) is 0 Å². The third-order valence-corrected chi connectivity index (χ3v) is 6.86. The van der Waals surface area contributed by atoms with E-state index in [0.29, 0.717) is 37.4 Å². The number of nitrogens with zero attached hydrogens (tertiary/aromatic N) is 3. The zero-order valence-electron chi connectivity index (χ0n) is 19.2. The number of rotatable bonds is 4. The number of alkyl halides is 3. The van der Waals surface area contributed by atoms with E-state index in [1.54, 1.807) is 29.2 Å². The van der Waals surface area contributed by atoms with Crippen molar-refractivity contribution in [2.45, 2.75) is 38.7 Å². The molecule has 182 valence electrons. The van der Waals surface area contributed by atoms with Gasteiger partial charge in [0.25, 0.3) is 0 Å². The van der Waals surface area contributed by atoms with E-state index in [1.165, 1.54) is 23.1 Å². The lowest BCUT2D eigenvalue weighted by atomic mass is 10.0. The summed E-state index contributed by atoms with van der Waals surface area (Å²) < 4.78 is 55.5. The van der Waals surface area contributed by atoms with Gasteiger partial charge in [0.1, 0.15) is 5.82 Å². The van der Waals surface area contributed by atoms with E-state index in [2.05, 4.69) is 0 Å². The second-order valence-electron chi connectivity index (χ2n) is 9.07. The van der Waals surface area contributed by atoms with Gasteiger partial charge in [-0.05, 0) is 48.2 Å². The van der Waals surface area contributed by atoms with Gasteiger partial charge >= 0.3 is 12.2 Å². The molecule has 0 saturated carbocycles. The number of carbonyl (C=O) groups is 1.